The minimum absolute atomic E-state index is 0.130. The highest BCUT2D eigenvalue weighted by Gasteiger charge is 2.32. The summed E-state index contributed by atoms with van der Waals surface area (Å²) < 4.78 is 30.3. The average molecular weight is 349 g/mol. The van der Waals surface area contributed by atoms with E-state index in [0.717, 1.165) is 5.39 Å². The minimum Gasteiger partial charge on any atom is -0.451 e. The summed E-state index contributed by atoms with van der Waals surface area (Å²) >= 11 is 0. The average Bonchev–Trinajstić information content (AvgIpc) is 2.97. The first-order valence-corrected chi connectivity index (χ1v) is 10.1. The summed E-state index contributed by atoms with van der Waals surface area (Å²) in [6.45, 7) is 4.74. The summed E-state index contributed by atoms with van der Waals surface area (Å²) in [5.74, 6) is 0.505. The smallest absolute Gasteiger partial charge is 0.289 e. The Hall–Kier alpha value is -1.82. The largest absolute Gasteiger partial charge is 0.451 e. The number of rotatable bonds is 4. The highest BCUT2D eigenvalue weighted by Crippen LogP contribution is 2.24. The van der Waals surface area contributed by atoms with Gasteiger partial charge in [-0.1, -0.05) is 32.0 Å². The lowest BCUT2D eigenvalue weighted by molar-refractivity contribution is 0.0696. The van der Waals surface area contributed by atoms with E-state index in [1.807, 2.05) is 38.1 Å². The van der Waals surface area contributed by atoms with Gasteiger partial charge in [0.05, 0.1) is 11.0 Å². The number of fused-ring (bicyclic) bond motifs is 1. The third-order valence-electron chi connectivity index (χ3n) is 4.44. The van der Waals surface area contributed by atoms with Crippen molar-refractivity contribution in [3.63, 3.8) is 0 Å². The molecule has 0 bridgehead atoms. The Bertz CT molecular complexity index is 797. The van der Waals surface area contributed by atoms with E-state index in [-0.39, 0.29) is 22.8 Å². The Balaban J connectivity index is 1.67. The van der Waals surface area contributed by atoms with Gasteiger partial charge in [0.25, 0.3) is 5.91 Å². The summed E-state index contributed by atoms with van der Waals surface area (Å²) in [4.78, 5) is 14.3. The van der Waals surface area contributed by atoms with Crippen LogP contribution in [0.3, 0.4) is 0 Å². The second kappa shape index (κ2) is 6.59. The molecule has 1 saturated heterocycles. The predicted molar refractivity (Wildman–Crippen MR) is 93.8 cm³/mol. The molecule has 0 unspecified atom stereocenters. The molecular weight excluding hydrogens is 326 g/mol. The molecule has 0 saturated carbocycles. The zero-order valence-electron chi connectivity index (χ0n) is 14.1. The normalized spacial score (nSPS) is 16.9. The van der Waals surface area contributed by atoms with E-state index < -0.39 is 9.84 Å². The maximum absolute atomic E-state index is 12.6. The fourth-order valence-electron chi connectivity index (χ4n) is 3.26. The summed E-state index contributed by atoms with van der Waals surface area (Å²) in [7, 11) is -3.08. The first-order valence-electron chi connectivity index (χ1n) is 8.36. The van der Waals surface area contributed by atoms with Gasteiger partial charge in [-0.05, 0) is 30.9 Å². The van der Waals surface area contributed by atoms with Gasteiger partial charge in [-0.15, -0.1) is 0 Å². The van der Waals surface area contributed by atoms with E-state index in [0.29, 0.717) is 37.3 Å². The molecule has 24 heavy (non-hydrogen) atoms. The fraction of sp³-hybridized carbons (Fsp3) is 0.500. The quantitative estimate of drug-likeness (QED) is 0.850. The Kier molecular flexibility index (Phi) is 4.67. The summed E-state index contributed by atoms with van der Waals surface area (Å²) in [6.07, 6.45) is 1.00. The van der Waals surface area contributed by atoms with Crippen molar-refractivity contribution < 1.29 is 17.6 Å². The molecule has 0 atom stereocenters. The molecule has 5 nitrogen and oxygen atoms in total. The van der Waals surface area contributed by atoms with Crippen LogP contribution in [0.5, 0.6) is 0 Å². The topological polar surface area (TPSA) is 67.6 Å². The molecule has 0 spiro atoms. The number of carbonyl (C=O) groups excluding carboxylic acids is 1. The number of sulfone groups is 1. The molecule has 6 heteroatoms. The number of likely N-dealkylation sites (tertiary alicyclic amines) is 1. The van der Waals surface area contributed by atoms with Gasteiger partial charge in [0.15, 0.2) is 15.6 Å². The Labute approximate surface area is 142 Å². The highest BCUT2D eigenvalue weighted by atomic mass is 32.2. The Morgan fingerprint density at radius 1 is 1.25 bits per heavy atom. The van der Waals surface area contributed by atoms with Gasteiger partial charge in [-0.25, -0.2) is 8.42 Å². The lowest BCUT2D eigenvalue weighted by Gasteiger charge is -2.31. The molecular formula is C18H23NO4S. The Morgan fingerprint density at radius 2 is 1.92 bits per heavy atom. The van der Waals surface area contributed by atoms with Crippen LogP contribution in [-0.4, -0.2) is 43.3 Å². The van der Waals surface area contributed by atoms with Crippen molar-refractivity contribution in [1.82, 2.24) is 4.90 Å². The summed E-state index contributed by atoms with van der Waals surface area (Å²) in [5, 5.41) is 0.565. The van der Waals surface area contributed by atoms with Crippen LogP contribution in [0.15, 0.2) is 34.7 Å². The second-order valence-electron chi connectivity index (χ2n) is 6.86. The molecule has 1 aliphatic rings. The van der Waals surface area contributed by atoms with Crippen LogP contribution in [0.4, 0.5) is 0 Å². The van der Waals surface area contributed by atoms with Crippen molar-refractivity contribution in [2.45, 2.75) is 31.9 Å². The van der Waals surface area contributed by atoms with Crippen LogP contribution >= 0.6 is 0 Å². The van der Waals surface area contributed by atoms with Crippen molar-refractivity contribution in [2.24, 2.45) is 5.92 Å². The predicted octanol–water partition coefficient (Wildman–Crippen LogP) is 3.11. The van der Waals surface area contributed by atoms with Crippen molar-refractivity contribution in [3.05, 3.63) is 36.1 Å². The molecule has 1 aromatic carbocycles. The zero-order valence-corrected chi connectivity index (χ0v) is 14.9. The number of hydrogen-bond acceptors (Lipinski definition) is 4. The van der Waals surface area contributed by atoms with E-state index in [4.69, 9.17) is 4.42 Å². The van der Waals surface area contributed by atoms with Gasteiger partial charge in [-0.3, -0.25) is 4.79 Å². The third-order valence-corrected chi connectivity index (χ3v) is 7.06. The number of piperidine rings is 1. The van der Waals surface area contributed by atoms with Crippen LogP contribution in [0.25, 0.3) is 11.0 Å². The molecule has 0 N–H and O–H groups in total. The van der Waals surface area contributed by atoms with Crippen LogP contribution in [-0.2, 0) is 9.84 Å². The maximum Gasteiger partial charge on any atom is 0.289 e. The molecule has 3 rings (SSSR count). The lowest BCUT2D eigenvalue weighted by atomic mass is 10.1. The van der Waals surface area contributed by atoms with Crippen LogP contribution in [0.1, 0.15) is 37.2 Å². The molecule has 0 radical (unpaired) electrons. The fourth-order valence-corrected chi connectivity index (χ4v) is 5.39. The van der Waals surface area contributed by atoms with E-state index >= 15 is 0 Å². The highest BCUT2D eigenvalue weighted by molar-refractivity contribution is 7.92. The second-order valence-corrected chi connectivity index (χ2v) is 9.19. The number of para-hydroxylation sites is 1. The first-order chi connectivity index (χ1) is 11.4. The number of furan rings is 1. The van der Waals surface area contributed by atoms with Gasteiger partial charge in [0, 0.05) is 18.5 Å². The zero-order chi connectivity index (χ0) is 17.3. The third kappa shape index (κ3) is 3.48. The van der Waals surface area contributed by atoms with Gasteiger partial charge in [0.1, 0.15) is 5.58 Å². The van der Waals surface area contributed by atoms with Crippen LogP contribution in [0.2, 0.25) is 0 Å². The van der Waals surface area contributed by atoms with Gasteiger partial charge < -0.3 is 9.32 Å². The summed E-state index contributed by atoms with van der Waals surface area (Å²) in [5.41, 5.74) is 0.690. The van der Waals surface area contributed by atoms with Gasteiger partial charge in [0.2, 0.25) is 0 Å². The summed E-state index contributed by atoms with van der Waals surface area (Å²) in [6, 6.07) is 9.25. The van der Waals surface area contributed by atoms with Crippen LogP contribution in [0, 0.1) is 5.92 Å². The van der Waals surface area contributed by atoms with E-state index in [2.05, 4.69) is 0 Å². The van der Waals surface area contributed by atoms with Crippen molar-refractivity contribution in [1.29, 1.82) is 0 Å². The number of hydrogen-bond donors (Lipinski definition) is 0. The van der Waals surface area contributed by atoms with Gasteiger partial charge in [-0.2, -0.15) is 0 Å². The van der Waals surface area contributed by atoms with Crippen molar-refractivity contribution in [3.8, 4) is 0 Å². The molecule has 1 fully saturated rings. The van der Waals surface area contributed by atoms with Crippen molar-refractivity contribution in [2.75, 3.05) is 18.8 Å². The molecule has 130 valence electrons. The molecule has 2 aromatic rings. The monoisotopic (exact) mass is 349 g/mol. The molecule has 1 aromatic heterocycles. The molecule has 0 aliphatic carbocycles. The number of nitrogens with zero attached hydrogens (tertiary/aromatic N) is 1. The number of carbonyl (C=O) groups is 1. The first kappa shape index (κ1) is 17.0. The van der Waals surface area contributed by atoms with E-state index in [9.17, 15) is 13.2 Å². The number of amides is 1. The standard InChI is InChI=1S/C18H23NO4S/c1-13(2)12-24(21,22)15-7-9-19(10-8-15)18(20)17-11-14-5-3-4-6-16(14)23-17/h3-6,11,13,15H,7-10,12H2,1-2H3. The SMILES string of the molecule is CC(C)CS(=O)(=O)C1CCN(C(=O)c2cc3ccccc3o2)CC1. The minimum atomic E-state index is -3.08. The molecule has 2 heterocycles. The van der Waals surface area contributed by atoms with Gasteiger partial charge >= 0.3 is 0 Å². The van der Waals surface area contributed by atoms with Crippen molar-refractivity contribution >= 4 is 26.7 Å². The van der Waals surface area contributed by atoms with E-state index in [1.165, 1.54) is 0 Å². The Morgan fingerprint density at radius 3 is 2.54 bits per heavy atom. The number of benzene rings is 1. The van der Waals surface area contributed by atoms with E-state index in [1.54, 1.807) is 11.0 Å². The maximum atomic E-state index is 12.6. The lowest BCUT2D eigenvalue weighted by Crippen LogP contribution is -2.43. The molecule has 1 aliphatic heterocycles. The van der Waals surface area contributed by atoms with Crippen LogP contribution < -0.4 is 0 Å². The molecule has 1 amide bonds.